The van der Waals surface area contributed by atoms with Gasteiger partial charge in [-0.05, 0) is 32.0 Å². The van der Waals surface area contributed by atoms with Gasteiger partial charge in [0.05, 0.1) is 6.54 Å². The van der Waals surface area contributed by atoms with Crippen LogP contribution in [0.25, 0.3) is 0 Å². The number of rotatable bonds is 1. The number of hydrogen-bond donors (Lipinski definition) is 1. The monoisotopic (exact) mass is 173 g/mol. The van der Waals surface area contributed by atoms with Gasteiger partial charge in [0.25, 0.3) is 0 Å². The molecule has 0 heterocycles. The summed E-state index contributed by atoms with van der Waals surface area (Å²) < 4.78 is 0. The van der Waals surface area contributed by atoms with E-state index < -0.39 is 0 Å². The van der Waals surface area contributed by atoms with Crippen molar-refractivity contribution in [1.29, 1.82) is 0 Å². The average molecular weight is 173 g/mol. The normalized spacial score (nSPS) is 9.15. The van der Waals surface area contributed by atoms with E-state index in [0.29, 0.717) is 0 Å². The zero-order valence-corrected chi connectivity index (χ0v) is 8.44. The first-order valence-electron chi connectivity index (χ1n) is 4.45. The fourth-order valence-corrected chi connectivity index (χ4v) is 1.23. The molecule has 0 fully saturated rings. The third-order valence-corrected chi connectivity index (χ3v) is 1.96. The topological polar surface area (TPSA) is 12.0 Å². The fraction of sp³-hybridized carbons (Fsp3) is 0.333. The second-order valence-electron chi connectivity index (χ2n) is 3.10. The molecule has 1 nitrogen and oxygen atoms in total. The summed E-state index contributed by atoms with van der Waals surface area (Å²) in [6.07, 6.45) is 0. The first-order valence-corrected chi connectivity index (χ1v) is 4.45. The van der Waals surface area contributed by atoms with Crippen molar-refractivity contribution in [3.63, 3.8) is 0 Å². The van der Waals surface area contributed by atoms with E-state index in [1.807, 2.05) is 7.05 Å². The summed E-state index contributed by atoms with van der Waals surface area (Å²) >= 11 is 0. The largest absolute Gasteiger partial charge is 0.309 e. The molecule has 0 atom stereocenters. The standard InChI is InChI=1S/C12H15N/c1-10-6-4-7-11(2)12(10)8-5-9-13-3/h4,6-7,13H,9H2,1-3H3. The van der Waals surface area contributed by atoms with Gasteiger partial charge in [0.2, 0.25) is 0 Å². The van der Waals surface area contributed by atoms with Crippen molar-refractivity contribution in [1.82, 2.24) is 5.32 Å². The summed E-state index contributed by atoms with van der Waals surface area (Å²) in [4.78, 5) is 0. The summed E-state index contributed by atoms with van der Waals surface area (Å²) in [6, 6.07) is 6.25. The van der Waals surface area contributed by atoms with Crippen LogP contribution in [-0.2, 0) is 0 Å². The van der Waals surface area contributed by atoms with Crippen LogP contribution in [0.2, 0.25) is 0 Å². The quantitative estimate of drug-likeness (QED) is 0.639. The van der Waals surface area contributed by atoms with Crippen molar-refractivity contribution < 1.29 is 0 Å². The molecule has 0 aliphatic heterocycles. The number of benzene rings is 1. The van der Waals surface area contributed by atoms with E-state index >= 15 is 0 Å². The molecule has 0 unspecified atom stereocenters. The first-order chi connectivity index (χ1) is 6.25. The Morgan fingerprint density at radius 2 is 1.85 bits per heavy atom. The van der Waals surface area contributed by atoms with Crippen LogP contribution in [0, 0.1) is 25.7 Å². The Morgan fingerprint density at radius 3 is 2.38 bits per heavy atom. The zero-order valence-electron chi connectivity index (χ0n) is 8.44. The molecule has 1 aromatic carbocycles. The van der Waals surface area contributed by atoms with E-state index in [0.717, 1.165) is 12.1 Å². The van der Waals surface area contributed by atoms with Gasteiger partial charge < -0.3 is 5.32 Å². The highest BCUT2D eigenvalue weighted by molar-refractivity contribution is 5.46. The van der Waals surface area contributed by atoms with Gasteiger partial charge in [-0.2, -0.15) is 0 Å². The fourth-order valence-electron chi connectivity index (χ4n) is 1.23. The number of aryl methyl sites for hydroxylation is 2. The van der Waals surface area contributed by atoms with Crippen LogP contribution < -0.4 is 5.32 Å². The molecule has 1 heteroatoms. The van der Waals surface area contributed by atoms with Gasteiger partial charge >= 0.3 is 0 Å². The van der Waals surface area contributed by atoms with E-state index in [1.165, 1.54) is 11.1 Å². The Labute approximate surface area is 80.2 Å². The van der Waals surface area contributed by atoms with Crippen LogP contribution in [-0.4, -0.2) is 13.6 Å². The van der Waals surface area contributed by atoms with E-state index in [1.54, 1.807) is 0 Å². The van der Waals surface area contributed by atoms with Gasteiger partial charge in [0.1, 0.15) is 0 Å². The maximum absolute atomic E-state index is 3.17. The summed E-state index contributed by atoms with van der Waals surface area (Å²) in [5, 5.41) is 3.00. The van der Waals surface area contributed by atoms with E-state index in [4.69, 9.17) is 0 Å². The molecule has 68 valence electrons. The lowest BCUT2D eigenvalue weighted by atomic mass is 10.0. The van der Waals surface area contributed by atoms with Crippen molar-refractivity contribution in [3.05, 3.63) is 34.9 Å². The molecule has 0 aliphatic carbocycles. The van der Waals surface area contributed by atoms with Crippen molar-refractivity contribution >= 4 is 0 Å². The van der Waals surface area contributed by atoms with Gasteiger partial charge in [0.15, 0.2) is 0 Å². The number of nitrogens with one attached hydrogen (secondary N) is 1. The summed E-state index contributed by atoms with van der Waals surface area (Å²) in [5.74, 6) is 6.24. The van der Waals surface area contributed by atoms with Crippen molar-refractivity contribution in [2.75, 3.05) is 13.6 Å². The van der Waals surface area contributed by atoms with Crippen molar-refractivity contribution in [2.45, 2.75) is 13.8 Å². The van der Waals surface area contributed by atoms with E-state index in [9.17, 15) is 0 Å². The van der Waals surface area contributed by atoms with Crippen LogP contribution >= 0.6 is 0 Å². The molecule has 1 aromatic rings. The summed E-state index contributed by atoms with van der Waals surface area (Å²) in [6.45, 7) is 4.93. The molecule has 13 heavy (non-hydrogen) atoms. The Hall–Kier alpha value is -1.26. The highest BCUT2D eigenvalue weighted by Crippen LogP contribution is 2.10. The number of hydrogen-bond acceptors (Lipinski definition) is 1. The predicted octanol–water partition coefficient (Wildman–Crippen LogP) is 1.87. The third-order valence-electron chi connectivity index (χ3n) is 1.96. The van der Waals surface area contributed by atoms with Crippen LogP contribution in [0.1, 0.15) is 16.7 Å². The first kappa shape index (κ1) is 9.83. The second-order valence-corrected chi connectivity index (χ2v) is 3.10. The van der Waals surface area contributed by atoms with Gasteiger partial charge in [-0.3, -0.25) is 0 Å². The van der Waals surface area contributed by atoms with Gasteiger partial charge in [-0.15, -0.1) is 0 Å². The van der Waals surface area contributed by atoms with Crippen LogP contribution in [0.5, 0.6) is 0 Å². The molecule has 1 N–H and O–H groups in total. The third kappa shape index (κ3) is 2.61. The molecule has 0 radical (unpaired) electrons. The van der Waals surface area contributed by atoms with Crippen LogP contribution in [0.4, 0.5) is 0 Å². The second kappa shape index (κ2) is 4.69. The Morgan fingerprint density at radius 1 is 1.23 bits per heavy atom. The lowest BCUT2D eigenvalue weighted by Gasteiger charge is -2.00. The maximum atomic E-state index is 3.17. The Balaban J connectivity index is 2.95. The molecule has 0 aliphatic rings. The Kier molecular flexibility index (Phi) is 3.54. The van der Waals surface area contributed by atoms with Gasteiger partial charge in [-0.1, -0.05) is 30.0 Å². The van der Waals surface area contributed by atoms with Crippen LogP contribution in [0.15, 0.2) is 18.2 Å². The highest BCUT2D eigenvalue weighted by atomic mass is 14.8. The molecule has 0 saturated carbocycles. The minimum Gasteiger partial charge on any atom is -0.309 e. The molecule has 0 saturated heterocycles. The van der Waals surface area contributed by atoms with E-state index in [2.05, 4.69) is 49.2 Å². The lowest BCUT2D eigenvalue weighted by Crippen LogP contribution is -2.04. The Bertz CT molecular complexity index is 322. The summed E-state index contributed by atoms with van der Waals surface area (Å²) in [5.41, 5.74) is 3.67. The summed E-state index contributed by atoms with van der Waals surface area (Å²) in [7, 11) is 1.90. The van der Waals surface area contributed by atoms with Crippen molar-refractivity contribution in [2.24, 2.45) is 0 Å². The minimum atomic E-state index is 0.744. The van der Waals surface area contributed by atoms with Gasteiger partial charge in [0, 0.05) is 5.56 Å². The zero-order chi connectivity index (χ0) is 9.68. The van der Waals surface area contributed by atoms with Crippen molar-refractivity contribution in [3.8, 4) is 11.8 Å². The maximum Gasteiger partial charge on any atom is 0.0577 e. The van der Waals surface area contributed by atoms with E-state index in [-0.39, 0.29) is 0 Å². The minimum absolute atomic E-state index is 0.744. The average Bonchev–Trinajstić information content (AvgIpc) is 2.10. The molecule has 0 bridgehead atoms. The van der Waals surface area contributed by atoms with Gasteiger partial charge in [-0.25, -0.2) is 0 Å². The lowest BCUT2D eigenvalue weighted by molar-refractivity contribution is 0.938. The highest BCUT2D eigenvalue weighted by Gasteiger charge is 1.96. The molecule has 0 spiro atoms. The predicted molar refractivity (Wildman–Crippen MR) is 56.7 cm³/mol. The molecule has 0 aromatic heterocycles. The van der Waals surface area contributed by atoms with Crippen LogP contribution in [0.3, 0.4) is 0 Å². The molecule has 0 amide bonds. The molecular formula is C12H15N. The smallest absolute Gasteiger partial charge is 0.0577 e. The molecular weight excluding hydrogens is 158 g/mol. The SMILES string of the molecule is CNCC#Cc1c(C)cccc1C. The molecule has 1 rings (SSSR count).